The molecule has 2 aromatic carbocycles. The van der Waals surface area contributed by atoms with Crippen molar-refractivity contribution in [1.29, 1.82) is 0 Å². The van der Waals surface area contributed by atoms with Gasteiger partial charge in [-0.1, -0.05) is 18.2 Å². The van der Waals surface area contributed by atoms with E-state index in [9.17, 15) is 14.7 Å². The van der Waals surface area contributed by atoms with Crippen molar-refractivity contribution in [2.24, 2.45) is 5.73 Å². The van der Waals surface area contributed by atoms with Gasteiger partial charge in [0.15, 0.2) is 0 Å². The monoisotopic (exact) mass is 398 g/mol. The second-order valence-electron chi connectivity index (χ2n) is 6.84. The highest BCUT2D eigenvalue weighted by Crippen LogP contribution is 2.32. The molecule has 0 radical (unpaired) electrons. The average molecular weight is 398 g/mol. The number of aromatic nitrogens is 2. The number of primary amides is 1. The molecule has 0 aliphatic carbocycles. The van der Waals surface area contributed by atoms with Crippen molar-refractivity contribution in [2.45, 2.75) is 6.92 Å². The molecule has 0 spiro atoms. The molecule has 4 aromatic rings. The summed E-state index contributed by atoms with van der Waals surface area (Å²) in [5.41, 5.74) is 10.6. The molecular formula is C23H18N4O3. The summed E-state index contributed by atoms with van der Waals surface area (Å²) in [7, 11) is 0. The van der Waals surface area contributed by atoms with Crippen molar-refractivity contribution in [3.05, 3.63) is 83.8 Å². The first-order valence-electron chi connectivity index (χ1n) is 9.18. The molecular weight excluding hydrogens is 380 g/mol. The minimum atomic E-state index is -1.04. The van der Waals surface area contributed by atoms with Gasteiger partial charge in [-0.2, -0.15) is 0 Å². The van der Waals surface area contributed by atoms with Gasteiger partial charge in [0.05, 0.1) is 22.3 Å². The van der Waals surface area contributed by atoms with Gasteiger partial charge in [0.25, 0.3) is 5.91 Å². The number of nitrogens with two attached hydrogens (primary N) is 1. The van der Waals surface area contributed by atoms with E-state index in [-0.39, 0.29) is 11.1 Å². The first-order valence-corrected chi connectivity index (χ1v) is 9.18. The molecule has 2 aromatic heterocycles. The summed E-state index contributed by atoms with van der Waals surface area (Å²) in [5, 5.41) is 13.1. The maximum absolute atomic E-state index is 12.0. The highest BCUT2D eigenvalue weighted by molar-refractivity contribution is 6.08. The van der Waals surface area contributed by atoms with Gasteiger partial charge >= 0.3 is 5.97 Å². The maximum Gasteiger partial charge on any atom is 0.335 e. The molecule has 2 heterocycles. The van der Waals surface area contributed by atoms with E-state index < -0.39 is 11.9 Å². The molecule has 0 atom stereocenters. The van der Waals surface area contributed by atoms with Crippen molar-refractivity contribution in [1.82, 2.24) is 9.97 Å². The molecule has 30 heavy (non-hydrogen) atoms. The molecule has 0 aliphatic rings. The number of nitrogens with zero attached hydrogens (tertiary/aromatic N) is 2. The number of amides is 1. The number of carbonyl (C=O) groups is 2. The first-order chi connectivity index (χ1) is 14.4. The number of carbonyl (C=O) groups excluding carboxylic acids is 1. The van der Waals surface area contributed by atoms with E-state index in [1.54, 1.807) is 24.5 Å². The van der Waals surface area contributed by atoms with Gasteiger partial charge in [-0.05, 0) is 48.4 Å². The third-order valence-corrected chi connectivity index (χ3v) is 4.86. The van der Waals surface area contributed by atoms with E-state index in [1.807, 2.05) is 31.2 Å². The van der Waals surface area contributed by atoms with Crippen molar-refractivity contribution >= 4 is 34.2 Å². The van der Waals surface area contributed by atoms with Gasteiger partial charge in [0.2, 0.25) is 0 Å². The molecule has 0 bridgehead atoms. The summed E-state index contributed by atoms with van der Waals surface area (Å²) in [5.74, 6) is -1.67. The van der Waals surface area contributed by atoms with Gasteiger partial charge in [-0.25, -0.2) is 4.79 Å². The Bertz CT molecular complexity index is 1300. The Labute approximate surface area is 172 Å². The molecule has 0 saturated heterocycles. The van der Waals surface area contributed by atoms with Crippen LogP contribution < -0.4 is 11.1 Å². The Balaban J connectivity index is 1.85. The molecule has 7 nitrogen and oxygen atoms in total. The van der Waals surface area contributed by atoms with Crippen LogP contribution in [0.15, 0.2) is 67.1 Å². The van der Waals surface area contributed by atoms with Crippen LogP contribution in [0.25, 0.3) is 22.0 Å². The molecule has 1 amide bonds. The summed E-state index contributed by atoms with van der Waals surface area (Å²) >= 11 is 0. The lowest BCUT2D eigenvalue weighted by Gasteiger charge is -2.14. The van der Waals surface area contributed by atoms with Crippen LogP contribution in [-0.2, 0) is 0 Å². The standard InChI is InChI=1S/C23H18N4O3/c1-13-7-8-25-11-18(13)14-5-6-17-20(10-14)26-12-19(22(24)28)21(17)27-16-4-2-3-15(9-16)23(29)30/h2-12H,1H3,(H2,24,28)(H,26,27)(H,29,30). The normalized spacial score (nSPS) is 10.7. The van der Waals surface area contributed by atoms with Gasteiger partial charge in [-0.15, -0.1) is 0 Å². The molecule has 4 N–H and O–H groups in total. The van der Waals surface area contributed by atoms with Gasteiger partial charge < -0.3 is 16.2 Å². The summed E-state index contributed by atoms with van der Waals surface area (Å²) in [6, 6.07) is 14.0. The molecule has 0 aliphatic heterocycles. The minimum absolute atomic E-state index is 0.133. The zero-order valence-corrected chi connectivity index (χ0v) is 16.1. The van der Waals surface area contributed by atoms with Crippen molar-refractivity contribution in [3.63, 3.8) is 0 Å². The van der Waals surface area contributed by atoms with Crippen LogP contribution in [0.1, 0.15) is 26.3 Å². The van der Waals surface area contributed by atoms with Crippen LogP contribution in [0.4, 0.5) is 11.4 Å². The fraction of sp³-hybridized carbons (Fsp3) is 0.0435. The number of fused-ring (bicyclic) bond motifs is 1. The Morgan fingerprint density at radius 2 is 1.90 bits per heavy atom. The number of carboxylic acids is 1. The SMILES string of the molecule is Cc1ccncc1-c1ccc2c(Nc3cccc(C(=O)O)c3)c(C(N)=O)cnc2c1. The lowest BCUT2D eigenvalue weighted by molar-refractivity contribution is 0.0696. The van der Waals surface area contributed by atoms with Crippen LogP contribution in [-0.4, -0.2) is 27.0 Å². The number of rotatable bonds is 5. The molecule has 0 unspecified atom stereocenters. The summed E-state index contributed by atoms with van der Waals surface area (Å²) in [4.78, 5) is 31.9. The highest BCUT2D eigenvalue weighted by atomic mass is 16.4. The third kappa shape index (κ3) is 3.56. The van der Waals surface area contributed by atoms with Crippen LogP contribution >= 0.6 is 0 Å². The molecule has 148 valence electrons. The van der Waals surface area contributed by atoms with Crippen LogP contribution in [0.5, 0.6) is 0 Å². The third-order valence-electron chi connectivity index (χ3n) is 4.86. The van der Waals surface area contributed by atoms with E-state index >= 15 is 0 Å². The number of aromatic carboxylic acids is 1. The summed E-state index contributed by atoms with van der Waals surface area (Å²) in [6.45, 7) is 2.01. The second kappa shape index (κ2) is 7.63. The first kappa shape index (κ1) is 19.1. The maximum atomic E-state index is 12.0. The van der Waals surface area contributed by atoms with E-state index in [4.69, 9.17) is 5.73 Å². The number of nitrogens with one attached hydrogen (secondary N) is 1. The molecule has 4 rings (SSSR count). The zero-order valence-electron chi connectivity index (χ0n) is 16.1. The van der Waals surface area contributed by atoms with Crippen molar-refractivity contribution in [3.8, 4) is 11.1 Å². The number of benzene rings is 2. The van der Waals surface area contributed by atoms with E-state index in [2.05, 4.69) is 15.3 Å². The fourth-order valence-corrected chi connectivity index (χ4v) is 3.32. The Morgan fingerprint density at radius 1 is 1.07 bits per heavy atom. The molecule has 0 saturated carbocycles. The largest absolute Gasteiger partial charge is 0.478 e. The Morgan fingerprint density at radius 3 is 2.63 bits per heavy atom. The van der Waals surface area contributed by atoms with Crippen LogP contribution in [0.3, 0.4) is 0 Å². The predicted molar refractivity (Wildman–Crippen MR) is 115 cm³/mol. The fourth-order valence-electron chi connectivity index (χ4n) is 3.32. The lowest BCUT2D eigenvalue weighted by Crippen LogP contribution is -2.14. The number of aryl methyl sites for hydroxylation is 1. The number of hydrogen-bond donors (Lipinski definition) is 3. The zero-order chi connectivity index (χ0) is 21.3. The average Bonchev–Trinajstić information content (AvgIpc) is 2.74. The number of anilines is 2. The minimum Gasteiger partial charge on any atom is -0.478 e. The van der Waals surface area contributed by atoms with Gasteiger partial charge in [0, 0.05) is 35.2 Å². The topological polar surface area (TPSA) is 118 Å². The van der Waals surface area contributed by atoms with E-state index in [0.29, 0.717) is 22.3 Å². The summed E-state index contributed by atoms with van der Waals surface area (Å²) in [6.07, 6.45) is 4.96. The number of carboxylic acid groups (broad SMARTS) is 1. The van der Waals surface area contributed by atoms with Gasteiger partial charge in [-0.3, -0.25) is 14.8 Å². The quantitative estimate of drug-likeness (QED) is 0.465. The highest BCUT2D eigenvalue weighted by Gasteiger charge is 2.15. The van der Waals surface area contributed by atoms with Crippen molar-refractivity contribution in [2.75, 3.05) is 5.32 Å². The number of hydrogen-bond acceptors (Lipinski definition) is 5. The van der Waals surface area contributed by atoms with E-state index in [0.717, 1.165) is 16.7 Å². The Hall–Kier alpha value is -4.26. The lowest BCUT2D eigenvalue weighted by atomic mass is 10.00. The summed E-state index contributed by atoms with van der Waals surface area (Å²) < 4.78 is 0. The molecule has 7 heteroatoms. The number of pyridine rings is 2. The smallest absolute Gasteiger partial charge is 0.335 e. The van der Waals surface area contributed by atoms with Gasteiger partial charge in [0.1, 0.15) is 0 Å². The van der Waals surface area contributed by atoms with E-state index in [1.165, 1.54) is 18.3 Å². The van der Waals surface area contributed by atoms with Crippen LogP contribution in [0.2, 0.25) is 0 Å². The molecule has 0 fully saturated rings. The van der Waals surface area contributed by atoms with Crippen LogP contribution in [0, 0.1) is 6.92 Å². The van der Waals surface area contributed by atoms with Crippen molar-refractivity contribution < 1.29 is 14.7 Å². The second-order valence-corrected chi connectivity index (χ2v) is 6.84. The Kier molecular flexibility index (Phi) is 4.85. The predicted octanol–water partition coefficient (Wildman–Crippen LogP) is 4.15.